The van der Waals surface area contributed by atoms with Crippen LogP contribution in [0.2, 0.25) is 0 Å². The number of ether oxygens (including phenoxy) is 1. The summed E-state index contributed by atoms with van der Waals surface area (Å²) >= 11 is 0. The Morgan fingerprint density at radius 3 is 2.77 bits per heavy atom. The van der Waals surface area contributed by atoms with Gasteiger partial charge >= 0.3 is 0 Å². The van der Waals surface area contributed by atoms with Crippen LogP contribution in [0.4, 0.5) is 4.39 Å². The van der Waals surface area contributed by atoms with Gasteiger partial charge in [0.15, 0.2) is 11.5 Å². The van der Waals surface area contributed by atoms with Crippen LogP contribution in [0.25, 0.3) is 11.5 Å². The molecule has 2 aromatic heterocycles. The number of halogens is 1. The third kappa shape index (κ3) is 3.97. The van der Waals surface area contributed by atoms with Crippen LogP contribution in [0, 0.1) is 12.7 Å². The summed E-state index contributed by atoms with van der Waals surface area (Å²) in [6, 6.07) is 7.52. The number of aromatic nitrogens is 3. The number of likely N-dealkylation sites (tertiary alicyclic amines) is 1. The minimum absolute atomic E-state index is 0.185. The van der Waals surface area contributed by atoms with Gasteiger partial charge in [0.05, 0.1) is 5.41 Å². The molecule has 1 fully saturated rings. The van der Waals surface area contributed by atoms with Gasteiger partial charge in [-0.2, -0.15) is 4.98 Å². The molecule has 1 amide bonds. The van der Waals surface area contributed by atoms with Gasteiger partial charge in [-0.25, -0.2) is 4.39 Å². The lowest BCUT2D eigenvalue weighted by Gasteiger charge is -2.40. The van der Waals surface area contributed by atoms with Crippen molar-refractivity contribution in [3.8, 4) is 11.5 Å². The molecular weight excluding hydrogens is 391 g/mol. The predicted molar refractivity (Wildman–Crippen MR) is 104 cm³/mol. The van der Waals surface area contributed by atoms with Gasteiger partial charge in [-0.3, -0.25) is 4.79 Å². The molecule has 0 radical (unpaired) electrons. The lowest BCUT2D eigenvalue weighted by atomic mass is 9.76. The van der Waals surface area contributed by atoms with Gasteiger partial charge in [-0.05, 0) is 50.5 Å². The summed E-state index contributed by atoms with van der Waals surface area (Å²) in [4.78, 5) is 19.3. The van der Waals surface area contributed by atoms with E-state index in [4.69, 9.17) is 13.8 Å². The number of piperidine rings is 1. The first-order valence-electron chi connectivity index (χ1n) is 9.82. The van der Waals surface area contributed by atoms with Crippen molar-refractivity contribution in [2.45, 2.75) is 31.6 Å². The Labute approximate surface area is 173 Å². The fraction of sp³-hybridized carbons (Fsp3) is 0.429. The van der Waals surface area contributed by atoms with Crippen molar-refractivity contribution < 1.29 is 23.0 Å². The van der Waals surface area contributed by atoms with E-state index in [1.807, 2.05) is 0 Å². The van der Waals surface area contributed by atoms with Crippen molar-refractivity contribution in [1.82, 2.24) is 20.2 Å². The summed E-state index contributed by atoms with van der Waals surface area (Å²) < 4.78 is 29.1. The van der Waals surface area contributed by atoms with Crippen molar-refractivity contribution in [2.75, 3.05) is 26.8 Å². The molecule has 1 unspecified atom stereocenters. The fourth-order valence-corrected chi connectivity index (χ4v) is 3.88. The zero-order valence-electron chi connectivity index (χ0n) is 16.9. The fourth-order valence-electron chi connectivity index (χ4n) is 3.88. The maximum absolute atomic E-state index is 13.2. The highest BCUT2D eigenvalue weighted by molar-refractivity contribution is 5.92. The normalized spacial score (nSPS) is 19.2. The molecule has 4 rings (SSSR count). The van der Waals surface area contributed by atoms with Gasteiger partial charge < -0.3 is 18.7 Å². The minimum Gasteiger partial charge on any atom is -0.385 e. The van der Waals surface area contributed by atoms with E-state index in [1.54, 1.807) is 37.1 Å². The van der Waals surface area contributed by atoms with Crippen LogP contribution < -0.4 is 0 Å². The second-order valence-electron chi connectivity index (χ2n) is 7.61. The average Bonchev–Trinajstić information content (AvgIpc) is 3.42. The van der Waals surface area contributed by atoms with Crippen molar-refractivity contribution in [3.63, 3.8) is 0 Å². The van der Waals surface area contributed by atoms with Crippen molar-refractivity contribution in [1.29, 1.82) is 0 Å². The van der Waals surface area contributed by atoms with Crippen molar-refractivity contribution in [2.24, 2.45) is 0 Å². The molecule has 0 bridgehead atoms. The van der Waals surface area contributed by atoms with Gasteiger partial charge in [-0.1, -0.05) is 10.3 Å². The van der Waals surface area contributed by atoms with E-state index in [1.165, 1.54) is 12.1 Å². The van der Waals surface area contributed by atoms with Gasteiger partial charge in [0, 0.05) is 38.4 Å². The molecule has 1 saturated heterocycles. The molecule has 0 saturated carbocycles. The number of benzene rings is 1. The van der Waals surface area contributed by atoms with Gasteiger partial charge in [0.1, 0.15) is 11.6 Å². The van der Waals surface area contributed by atoms with Gasteiger partial charge in [-0.15, -0.1) is 0 Å². The number of methoxy groups -OCH3 is 1. The summed E-state index contributed by atoms with van der Waals surface area (Å²) in [5.74, 6) is 0.906. The molecule has 0 spiro atoms. The number of rotatable bonds is 6. The molecule has 9 heteroatoms. The molecule has 3 aromatic rings. The van der Waals surface area contributed by atoms with Gasteiger partial charge in [0.25, 0.3) is 11.8 Å². The molecule has 1 aliphatic heterocycles. The Morgan fingerprint density at radius 2 is 2.07 bits per heavy atom. The molecule has 1 aliphatic rings. The first-order valence-corrected chi connectivity index (χ1v) is 9.82. The van der Waals surface area contributed by atoms with E-state index in [2.05, 4.69) is 15.3 Å². The highest BCUT2D eigenvalue weighted by Gasteiger charge is 2.42. The van der Waals surface area contributed by atoms with Crippen LogP contribution in [-0.4, -0.2) is 52.9 Å². The summed E-state index contributed by atoms with van der Waals surface area (Å²) in [5, 5.41) is 8.08. The quantitative estimate of drug-likeness (QED) is 0.610. The maximum Gasteiger partial charge on any atom is 0.276 e. The molecule has 3 heterocycles. The van der Waals surface area contributed by atoms with Crippen LogP contribution in [0.5, 0.6) is 0 Å². The Balaban J connectivity index is 1.62. The summed E-state index contributed by atoms with van der Waals surface area (Å²) in [5.41, 5.74) is 0.416. The Morgan fingerprint density at radius 1 is 1.27 bits per heavy atom. The molecule has 30 heavy (non-hydrogen) atoms. The van der Waals surface area contributed by atoms with Crippen LogP contribution >= 0.6 is 0 Å². The lowest BCUT2D eigenvalue weighted by molar-refractivity contribution is 0.0557. The van der Waals surface area contributed by atoms with E-state index in [0.29, 0.717) is 49.2 Å². The molecule has 8 nitrogen and oxygen atoms in total. The third-order valence-electron chi connectivity index (χ3n) is 5.49. The summed E-state index contributed by atoms with van der Waals surface area (Å²) in [6.07, 6.45) is 2.21. The SMILES string of the molecule is COCCC1(c2noc(-c3ccc(F)cc3)n2)CCCN(C(=O)c2cc(C)on2)C1. The van der Waals surface area contributed by atoms with Crippen molar-refractivity contribution in [3.05, 3.63) is 53.4 Å². The van der Waals surface area contributed by atoms with E-state index >= 15 is 0 Å². The number of aryl methyl sites for hydroxylation is 1. The Bertz CT molecular complexity index is 1020. The molecule has 158 valence electrons. The first-order chi connectivity index (χ1) is 14.5. The van der Waals surface area contributed by atoms with Crippen LogP contribution in [0.1, 0.15) is 41.3 Å². The van der Waals surface area contributed by atoms with E-state index < -0.39 is 5.41 Å². The molecule has 1 atom stereocenters. The summed E-state index contributed by atoms with van der Waals surface area (Å²) in [7, 11) is 1.64. The number of carbonyl (C=O) groups is 1. The van der Waals surface area contributed by atoms with Gasteiger partial charge in [0.2, 0.25) is 0 Å². The zero-order valence-corrected chi connectivity index (χ0v) is 16.9. The standard InChI is InChI=1S/C21H23FN4O4/c1-14-12-17(24-29-14)19(27)26-10-3-8-21(13-26,9-11-28-2)20-23-18(30-25-20)15-4-6-16(22)7-5-15/h4-7,12H,3,8-11,13H2,1-2H3. The molecular formula is C21H23FN4O4. The second kappa shape index (κ2) is 8.35. The Hall–Kier alpha value is -3.07. The number of nitrogens with zero attached hydrogens (tertiary/aromatic N) is 4. The number of amides is 1. The first kappa shape index (κ1) is 20.2. The van der Waals surface area contributed by atoms with Crippen LogP contribution in [0.3, 0.4) is 0 Å². The Kier molecular flexibility index (Phi) is 5.63. The molecule has 0 N–H and O–H groups in total. The van der Waals surface area contributed by atoms with E-state index in [-0.39, 0.29) is 17.4 Å². The number of hydrogen-bond acceptors (Lipinski definition) is 7. The van der Waals surface area contributed by atoms with Crippen LogP contribution in [0.15, 0.2) is 39.4 Å². The maximum atomic E-state index is 13.2. The topological polar surface area (TPSA) is 94.5 Å². The predicted octanol–water partition coefficient (Wildman–Crippen LogP) is 3.38. The largest absolute Gasteiger partial charge is 0.385 e. The average molecular weight is 414 g/mol. The van der Waals surface area contributed by atoms with E-state index in [9.17, 15) is 9.18 Å². The van der Waals surface area contributed by atoms with Crippen molar-refractivity contribution >= 4 is 5.91 Å². The van der Waals surface area contributed by atoms with Crippen LogP contribution in [-0.2, 0) is 10.2 Å². The zero-order chi connectivity index (χ0) is 21.1. The highest BCUT2D eigenvalue weighted by Crippen LogP contribution is 2.37. The number of carbonyl (C=O) groups excluding carboxylic acids is 1. The number of hydrogen-bond donors (Lipinski definition) is 0. The third-order valence-corrected chi connectivity index (χ3v) is 5.49. The monoisotopic (exact) mass is 414 g/mol. The second-order valence-corrected chi connectivity index (χ2v) is 7.61. The molecule has 1 aromatic carbocycles. The molecule has 0 aliphatic carbocycles. The van der Waals surface area contributed by atoms with E-state index in [0.717, 1.165) is 12.8 Å². The lowest BCUT2D eigenvalue weighted by Crippen LogP contribution is -2.49. The minimum atomic E-state index is -0.509. The summed E-state index contributed by atoms with van der Waals surface area (Å²) in [6.45, 7) is 3.27. The smallest absolute Gasteiger partial charge is 0.276 e. The highest BCUT2D eigenvalue weighted by atomic mass is 19.1.